The smallest absolute Gasteiger partial charge is 0.0849 e. The van der Waals surface area contributed by atoms with Gasteiger partial charge in [0.25, 0.3) is 0 Å². The largest absolute Gasteiger partial charge is 0.390 e. The van der Waals surface area contributed by atoms with Gasteiger partial charge in [0.1, 0.15) is 0 Å². The quantitative estimate of drug-likeness (QED) is 0.797. The van der Waals surface area contributed by atoms with Crippen molar-refractivity contribution in [1.82, 2.24) is 14.7 Å². The minimum absolute atomic E-state index is 0.0771. The van der Waals surface area contributed by atoms with Crippen molar-refractivity contribution in [2.75, 3.05) is 19.6 Å². The molecule has 1 aromatic rings. The van der Waals surface area contributed by atoms with Crippen molar-refractivity contribution in [1.29, 1.82) is 0 Å². The maximum absolute atomic E-state index is 9.10. The second-order valence-corrected chi connectivity index (χ2v) is 4.22. The third-order valence-corrected chi connectivity index (χ3v) is 3.30. The van der Waals surface area contributed by atoms with Crippen LogP contribution in [0.25, 0.3) is 0 Å². The Kier molecular flexibility index (Phi) is 3.07. The van der Waals surface area contributed by atoms with Gasteiger partial charge >= 0.3 is 0 Å². The lowest BCUT2D eigenvalue weighted by Crippen LogP contribution is -2.19. The number of aryl methyl sites for hydroxylation is 1. The van der Waals surface area contributed by atoms with E-state index in [0.717, 1.165) is 24.5 Å². The molecule has 1 unspecified atom stereocenters. The minimum atomic E-state index is 0.0771. The van der Waals surface area contributed by atoms with E-state index in [-0.39, 0.29) is 6.61 Å². The predicted octanol–water partition coefficient (Wildman–Crippen LogP) is 0.722. The molecule has 1 aliphatic rings. The van der Waals surface area contributed by atoms with Crippen molar-refractivity contribution in [2.45, 2.75) is 25.9 Å². The van der Waals surface area contributed by atoms with E-state index in [1.165, 1.54) is 13.0 Å². The Morgan fingerprint density at radius 3 is 2.93 bits per heavy atom. The SMILES string of the molecule is CCN1CCC(c2cc(CO)n(C)n2)C1. The fourth-order valence-electron chi connectivity index (χ4n) is 2.24. The first-order chi connectivity index (χ1) is 7.24. The van der Waals surface area contributed by atoms with Crippen LogP contribution in [0.3, 0.4) is 0 Å². The minimum Gasteiger partial charge on any atom is -0.390 e. The van der Waals surface area contributed by atoms with E-state index in [9.17, 15) is 0 Å². The molecular formula is C11H19N3O. The summed E-state index contributed by atoms with van der Waals surface area (Å²) in [6.07, 6.45) is 1.19. The van der Waals surface area contributed by atoms with Gasteiger partial charge in [0, 0.05) is 19.5 Å². The van der Waals surface area contributed by atoms with E-state index >= 15 is 0 Å². The Bertz CT molecular complexity index is 335. The molecule has 0 amide bonds. The first-order valence-electron chi connectivity index (χ1n) is 5.60. The lowest BCUT2D eigenvalue weighted by atomic mass is 10.1. The number of rotatable bonds is 3. The molecule has 1 saturated heterocycles. The standard InChI is InChI=1S/C11H19N3O/c1-3-14-5-4-9(7-14)11-6-10(8-15)13(2)12-11/h6,9,15H,3-5,7-8H2,1-2H3. The highest BCUT2D eigenvalue weighted by molar-refractivity contribution is 5.15. The molecule has 0 saturated carbocycles. The number of nitrogens with zero attached hydrogens (tertiary/aromatic N) is 3. The molecular weight excluding hydrogens is 190 g/mol. The molecule has 15 heavy (non-hydrogen) atoms. The van der Waals surface area contributed by atoms with E-state index in [2.05, 4.69) is 16.9 Å². The fourth-order valence-corrected chi connectivity index (χ4v) is 2.24. The summed E-state index contributed by atoms with van der Waals surface area (Å²) in [6, 6.07) is 2.03. The molecule has 1 N–H and O–H groups in total. The van der Waals surface area contributed by atoms with Crippen molar-refractivity contribution in [3.8, 4) is 0 Å². The first kappa shape index (κ1) is 10.6. The van der Waals surface area contributed by atoms with E-state index in [1.807, 2.05) is 13.1 Å². The highest BCUT2D eigenvalue weighted by Gasteiger charge is 2.25. The molecule has 84 valence electrons. The van der Waals surface area contributed by atoms with Gasteiger partial charge in [-0.25, -0.2) is 0 Å². The highest BCUT2D eigenvalue weighted by atomic mass is 16.3. The van der Waals surface area contributed by atoms with Gasteiger partial charge in [0.05, 0.1) is 18.0 Å². The number of aromatic nitrogens is 2. The Labute approximate surface area is 90.5 Å². The first-order valence-corrected chi connectivity index (χ1v) is 5.60. The summed E-state index contributed by atoms with van der Waals surface area (Å²) in [5, 5.41) is 13.6. The number of aliphatic hydroxyl groups excluding tert-OH is 1. The second kappa shape index (κ2) is 4.33. The molecule has 1 aromatic heterocycles. The maximum atomic E-state index is 9.10. The molecule has 0 aliphatic carbocycles. The molecule has 0 spiro atoms. The third kappa shape index (κ3) is 2.06. The summed E-state index contributed by atoms with van der Waals surface area (Å²) in [7, 11) is 1.89. The molecule has 1 atom stereocenters. The Morgan fingerprint density at radius 1 is 1.60 bits per heavy atom. The van der Waals surface area contributed by atoms with Crippen LogP contribution in [0.4, 0.5) is 0 Å². The molecule has 2 rings (SSSR count). The fraction of sp³-hybridized carbons (Fsp3) is 0.727. The van der Waals surface area contributed by atoms with Gasteiger partial charge in [0.2, 0.25) is 0 Å². The van der Waals surface area contributed by atoms with Crippen LogP contribution >= 0.6 is 0 Å². The Hall–Kier alpha value is -0.870. The third-order valence-electron chi connectivity index (χ3n) is 3.30. The summed E-state index contributed by atoms with van der Waals surface area (Å²) in [4.78, 5) is 2.44. The lowest BCUT2D eigenvalue weighted by molar-refractivity contribution is 0.270. The summed E-state index contributed by atoms with van der Waals surface area (Å²) < 4.78 is 1.78. The average Bonchev–Trinajstić information content (AvgIpc) is 2.83. The normalized spacial score (nSPS) is 22.5. The zero-order valence-corrected chi connectivity index (χ0v) is 9.48. The van der Waals surface area contributed by atoms with Crippen molar-refractivity contribution in [2.24, 2.45) is 7.05 Å². The molecule has 0 radical (unpaired) electrons. The van der Waals surface area contributed by atoms with E-state index < -0.39 is 0 Å². The van der Waals surface area contributed by atoms with Gasteiger partial charge < -0.3 is 10.0 Å². The lowest BCUT2D eigenvalue weighted by Gasteiger charge is -2.11. The Balaban J connectivity index is 2.10. The topological polar surface area (TPSA) is 41.3 Å². The highest BCUT2D eigenvalue weighted by Crippen LogP contribution is 2.26. The van der Waals surface area contributed by atoms with Crippen molar-refractivity contribution in [3.05, 3.63) is 17.5 Å². The molecule has 0 bridgehead atoms. The van der Waals surface area contributed by atoms with Crippen LogP contribution in [-0.2, 0) is 13.7 Å². The number of likely N-dealkylation sites (N-methyl/N-ethyl adjacent to an activating group) is 1. The number of hydrogen-bond donors (Lipinski definition) is 1. The molecule has 1 fully saturated rings. The predicted molar refractivity (Wildman–Crippen MR) is 58.6 cm³/mol. The van der Waals surface area contributed by atoms with Gasteiger partial charge in [-0.3, -0.25) is 4.68 Å². The number of hydrogen-bond acceptors (Lipinski definition) is 3. The van der Waals surface area contributed by atoms with Crippen molar-refractivity contribution in [3.63, 3.8) is 0 Å². The van der Waals surface area contributed by atoms with Crippen molar-refractivity contribution >= 4 is 0 Å². The van der Waals surface area contributed by atoms with Gasteiger partial charge in [-0.1, -0.05) is 6.92 Å². The summed E-state index contributed by atoms with van der Waals surface area (Å²) >= 11 is 0. The van der Waals surface area contributed by atoms with E-state index in [4.69, 9.17) is 5.11 Å². The zero-order valence-electron chi connectivity index (χ0n) is 9.48. The molecule has 0 aromatic carbocycles. The monoisotopic (exact) mass is 209 g/mol. The van der Waals surface area contributed by atoms with Crippen molar-refractivity contribution < 1.29 is 5.11 Å². The maximum Gasteiger partial charge on any atom is 0.0849 e. The molecule has 4 heteroatoms. The summed E-state index contributed by atoms with van der Waals surface area (Å²) in [5.74, 6) is 0.552. The van der Waals surface area contributed by atoms with Crippen LogP contribution in [0.1, 0.15) is 30.7 Å². The van der Waals surface area contributed by atoms with Gasteiger partial charge in [-0.15, -0.1) is 0 Å². The van der Waals surface area contributed by atoms with Crippen LogP contribution in [0, 0.1) is 0 Å². The van der Waals surface area contributed by atoms with E-state index in [1.54, 1.807) is 4.68 Å². The van der Waals surface area contributed by atoms with E-state index in [0.29, 0.717) is 5.92 Å². The molecule has 4 nitrogen and oxygen atoms in total. The van der Waals surface area contributed by atoms with Crippen LogP contribution in [0.2, 0.25) is 0 Å². The average molecular weight is 209 g/mol. The molecule has 2 heterocycles. The van der Waals surface area contributed by atoms with Crippen LogP contribution < -0.4 is 0 Å². The van der Waals surface area contributed by atoms with Gasteiger partial charge in [0.15, 0.2) is 0 Å². The Morgan fingerprint density at radius 2 is 2.40 bits per heavy atom. The van der Waals surface area contributed by atoms with Crippen LogP contribution in [0.15, 0.2) is 6.07 Å². The van der Waals surface area contributed by atoms with Gasteiger partial charge in [-0.2, -0.15) is 5.10 Å². The summed E-state index contributed by atoms with van der Waals surface area (Å²) in [5.41, 5.74) is 2.04. The number of aliphatic hydroxyl groups is 1. The van der Waals surface area contributed by atoms with Gasteiger partial charge in [-0.05, 0) is 25.6 Å². The molecule has 1 aliphatic heterocycles. The van der Waals surface area contributed by atoms with Crippen LogP contribution in [0.5, 0.6) is 0 Å². The second-order valence-electron chi connectivity index (χ2n) is 4.22. The zero-order chi connectivity index (χ0) is 10.8. The number of likely N-dealkylation sites (tertiary alicyclic amines) is 1. The summed E-state index contributed by atoms with van der Waals surface area (Å²) in [6.45, 7) is 5.68. The van der Waals surface area contributed by atoms with Crippen LogP contribution in [-0.4, -0.2) is 39.4 Å².